The molecule has 1 unspecified atom stereocenters. The van der Waals surface area contributed by atoms with Gasteiger partial charge in [-0.1, -0.05) is 18.2 Å². The van der Waals surface area contributed by atoms with E-state index in [2.05, 4.69) is 6.58 Å². The zero-order chi connectivity index (χ0) is 10.7. The van der Waals surface area contributed by atoms with E-state index >= 15 is 0 Å². The van der Waals surface area contributed by atoms with Crippen LogP contribution < -0.4 is 5.73 Å². The molecule has 0 heterocycles. The maximum atomic E-state index is 10.9. The van der Waals surface area contributed by atoms with Crippen molar-refractivity contribution in [1.82, 2.24) is 0 Å². The van der Waals surface area contributed by atoms with E-state index in [4.69, 9.17) is 10.8 Å². The van der Waals surface area contributed by atoms with E-state index < -0.39 is 12.0 Å². The molecule has 3 N–H and O–H groups in total. The van der Waals surface area contributed by atoms with Crippen molar-refractivity contribution in [3.8, 4) is 0 Å². The molecule has 0 aliphatic heterocycles. The molecular weight excluding hydrogens is 182 g/mol. The van der Waals surface area contributed by atoms with Gasteiger partial charge in [0.15, 0.2) is 5.78 Å². The van der Waals surface area contributed by atoms with Crippen molar-refractivity contribution in [3.63, 3.8) is 0 Å². The van der Waals surface area contributed by atoms with Crippen LogP contribution in [0.5, 0.6) is 0 Å². The van der Waals surface area contributed by atoms with Gasteiger partial charge in [0.05, 0.1) is 0 Å². The standard InChI is InChI=1S/C10H13NO3/c1-6-4-8(12)3-2-7(6)5-9(11)10(13)14/h2-3,7,9H,1,4-5,11H2,(H,13,14)/t7?,9-/m0/s1. The summed E-state index contributed by atoms with van der Waals surface area (Å²) in [6.07, 6.45) is 3.75. The van der Waals surface area contributed by atoms with Crippen LogP contribution in [0.25, 0.3) is 0 Å². The minimum Gasteiger partial charge on any atom is -0.480 e. The first-order valence-electron chi connectivity index (χ1n) is 4.38. The molecule has 0 amide bonds. The minimum atomic E-state index is -1.02. The summed E-state index contributed by atoms with van der Waals surface area (Å²) in [6, 6.07) is -0.894. The van der Waals surface area contributed by atoms with Crippen LogP contribution in [-0.2, 0) is 9.59 Å². The van der Waals surface area contributed by atoms with Crippen molar-refractivity contribution in [3.05, 3.63) is 24.3 Å². The number of carboxylic acid groups (broad SMARTS) is 1. The van der Waals surface area contributed by atoms with E-state index in [1.165, 1.54) is 6.08 Å². The molecule has 1 aliphatic rings. The summed E-state index contributed by atoms with van der Waals surface area (Å²) < 4.78 is 0. The molecule has 2 atom stereocenters. The summed E-state index contributed by atoms with van der Waals surface area (Å²) in [5.74, 6) is -1.10. The van der Waals surface area contributed by atoms with Gasteiger partial charge in [-0.3, -0.25) is 9.59 Å². The van der Waals surface area contributed by atoms with E-state index in [-0.39, 0.29) is 11.7 Å². The number of carbonyl (C=O) groups excluding carboxylic acids is 1. The van der Waals surface area contributed by atoms with Crippen LogP contribution in [0.1, 0.15) is 12.8 Å². The Balaban J connectivity index is 2.61. The fourth-order valence-corrected chi connectivity index (χ4v) is 1.39. The molecule has 0 saturated heterocycles. The lowest BCUT2D eigenvalue weighted by atomic mass is 9.86. The van der Waals surface area contributed by atoms with Crippen molar-refractivity contribution in [2.24, 2.45) is 11.7 Å². The van der Waals surface area contributed by atoms with Gasteiger partial charge < -0.3 is 10.8 Å². The number of nitrogens with two attached hydrogens (primary N) is 1. The van der Waals surface area contributed by atoms with Crippen LogP contribution in [0.15, 0.2) is 24.3 Å². The number of rotatable bonds is 3. The summed E-state index contributed by atoms with van der Waals surface area (Å²) >= 11 is 0. The van der Waals surface area contributed by atoms with Crippen LogP contribution in [0, 0.1) is 5.92 Å². The first-order valence-corrected chi connectivity index (χ1v) is 4.38. The maximum Gasteiger partial charge on any atom is 0.320 e. The third-order valence-corrected chi connectivity index (χ3v) is 2.27. The average Bonchev–Trinajstić information content (AvgIpc) is 2.09. The van der Waals surface area contributed by atoms with Crippen LogP contribution in [0.4, 0.5) is 0 Å². The summed E-state index contributed by atoms with van der Waals surface area (Å²) in [4.78, 5) is 21.4. The SMILES string of the molecule is C=C1CC(=O)C=CC1C[C@H](N)C(=O)O. The highest BCUT2D eigenvalue weighted by Gasteiger charge is 2.22. The smallest absolute Gasteiger partial charge is 0.320 e. The number of ketones is 1. The molecule has 0 aromatic rings. The van der Waals surface area contributed by atoms with Gasteiger partial charge in [-0.2, -0.15) is 0 Å². The first-order chi connectivity index (χ1) is 6.50. The van der Waals surface area contributed by atoms with Crippen molar-refractivity contribution < 1.29 is 14.7 Å². The van der Waals surface area contributed by atoms with Crippen LogP contribution in [-0.4, -0.2) is 22.9 Å². The van der Waals surface area contributed by atoms with Gasteiger partial charge in [-0.15, -0.1) is 0 Å². The highest BCUT2D eigenvalue weighted by atomic mass is 16.4. The Kier molecular flexibility index (Phi) is 3.19. The predicted octanol–water partition coefficient (Wildman–Crippen LogP) is 0.490. The van der Waals surface area contributed by atoms with Crippen molar-refractivity contribution in [2.45, 2.75) is 18.9 Å². The van der Waals surface area contributed by atoms with E-state index in [1.807, 2.05) is 0 Å². The molecular formula is C10H13NO3. The largest absolute Gasteiger partial charge is 0.480 e. The van der Waals surface area contributed by atoms with Gasteiger partial charge in [0.25, 0.3) is 0 Å². The van der Waals surface area contributed by atoms with Crippen molar-refractivity contribution >= 4 is 11.8 Å². The second-order valence-electron chi connectivity index (χ2n) is 3.45. The Morgan fingerprint density at radius 1 is 1.79 bits per heavy atom. The third-order valence-electron chi connectivity index (χ3n) is 2.27. The van der Waals surface area contributed by atoms with Gasteiger partial charge in [-0.25, -0.2) is 0 Å². The summed E-state index contributed by atoms with van der Waals surface area (Å²) in [7, 11) is 0. The highest BCUT2D eigenvalue weighted by Crippen LogP contribution is 2.24. The molecule has 4 nitrogen and oxygen atoms in total. The third kappa shape index (κ3) is 2.53. The molecule has 4 heteroatoms. The van der Waals surface area contributed by atoms with Gasteiger partial charge in [0.2, 0.25) is 0 Å². The van der Waals surface area contributed by atoms with E-state index in [0.717, 1.165) is 5.57 Å². The fourth-order valence-electron chi connectivity index (χ4n) is 1.39. The molecule has 0 spiro atoms. The quantitative estimate of drug-likeness (QED) is 0.642. The Labute approximate surface area is 82.1 Å². The lowest BCUT2D eigenvalue weighted by molar-refractivity contribution is -0.138. The number of hydrogen-bond acceptors (Lipinski definition) is 3. The molecule has 0 fully saturated rings. The topological polar surface area (TPSA) is 80.4 Å². The Morgan fingerprint density at radius 2 is 2.43 bits per heavy atom. The number of carboxylic acids is 1. The molecule has 76 valence electrons. The van der Waals surface area contributed by atoms with Crippen LogP contribution in [0.3, 0.4) is 0 Å². The molecule has 0 radical (unpaired) electrons. The minimum absolute atomic E-state index is 0.00939. The van der Waals surface area contributed by atoms with Crippen LogP contribution in [0.2, 0.25) is 0 Å². The normalized spacial score (nSPS) is 23.6. The zero-order valence-corrected chi connectivity index (χ0v) is 7.77. The fraction of sp³-hybridized carbons (Fsp3) is 0.400. The van der Waals surface area contributed by atoms with Gasteiger partial charge in [0.1, 0.15) is 6.04 Å². The lowest BCUT2D eigenvalue weighted by Gasteiger charge is -2.20. The molecule has 0 saturated carbocycles. The summed E-state index contributed by atoms with van der Waals surface area (Å²) in [6.45, 7) is 3.74. The molecule has 0 bridgehead atoms. The Hall–Kier alpha value is -1.42. The number of carbonyl (C=O) groups is 2. The lowest BCUT2D eigenvalue weighted by Crippen LogP contribution is -2.33. The summed E-state index contributed by atoms with van der Waals surface area (Å²) in [5.41, 5.74) is 6.13. The molecule has 1 aliphatic carbocycles. The molecule has 0 aromatic heterocycles. The second-order valence-corrected chi connectivity index (χ2v) is 3.45. The van der Waals surface area contributed by atoms with Crippen LogP contribution >= 0.6 is 0 Å². The number of allylic oxidation sites excluding steroid dienone is 3. The van der Waals surface area contributed by atoms with E-state index in [1.54, 1.807) is 6.08 Å². The first kappa shape index (κ1) is 10.7. The molecule has 1 rings (SSSR count). The second kappa shape index (κ2) is 4.19. The van der Waals surface area contributed by atoms with Crippen molar-refractivity contribution in [1.29, 1.82) is 0 Å². The maximum absolute atomic E-state index is 10.9. The number of hydrogen-bond donors (Lipinski definition) is 2. The van der Waals surface area contributed by atoms with Gasteiger partial charge in [-0.05, 0) is 12.5 Å². The highest BCUT2D eigenvalue weighted by molar-refractivity contribution is 5.92. The number of aliphatic carboxylic acids is 1. The predicted molar refractivity (Wildman–Crippen MR) is 51.6 cm³/mol. The van der Waals surface area contributed by atoms with Gasteiger partial charge in [0, 0.05) is 12.3 Å². The zero-order valence-electron chi connectivity index (χ0n) is 7.77. The Bertz CT molecular complexity index is 306. The van der Waals surface area contributed by atoms with E-state index in [0.29, 0.717) is 12.8 Å². The van der Waals surface area contributed by atoms with E-state index in [9.17, 15) is 9.59 Å². The molecule has 14 heavy (non-hydrogen) atoms. The van der Waals surface area contributed by atoms with Gasteiger partial charge >= 0.3 is 5.97 Å². The molecule has 0 aromatic carbocycles. The average molecular weight is 195 g/mol. The van der Waals surface area contributed by atoms with Crippen molar-refractivity contribution in [2.75, 3.05) is 0 Å². The Morgan fingerprint density at radius 3 is 2.93 bits per heavy atom. The summed E-state index contributed by atoms with van der Waals surface area (Å²) in [5, 5.41) is 8.61. The monoisotopic (exact) mass is 195 g/mol.